The molecule has 3 aromatic carbocycles. The number of aryl methyl sites for hydroxylation is 1. The Balaban J connectivity index is 0.000000122. The fourth-order valence-corrected chi connectivity index (χ4v) is 23.8. The molecule has 0 spiro atoms. The minimum atomic E-state index is -3.25. The first-order valence-electron chi connectivity index (χ1n) is 46.0. The number of sulfonamides is 1. The number of ether oxygens (including phenoxy) is 2. The highest BCUT2D eigenvalue weighted by atomic mass is 32.5. The molecule has 34 nitrogen and oxygen atoms in total. The van der Waals surface area contributed by atoms with Crippen molar-refractivity contribution in [2.24, 2.45) is 23.7 Å². The summed E-state index contributed by atoms with van der Waals surface area (Å²) >= 11 is 5.61. The number of benzene rings is 3. The molecule has 131 heavy (non-hydrogen) atoms. The van der Waals surface area contributed by atoms with Crippen molar-refractivity contribution in [3.05, 3.63) is 146 Å². The van der Waals surface area contributed by atoms with E-state index in [1.807, 2.05) is 99.2 Å². The Morgan fingerprint density at radius 1 is 0.450 bits per heavy atom. The molecule has 9 aromatic heterocycles. The van der Waals surface area contributed by atoms with E-state index in [1.165, 1.54) is 136 Å². The monoisotopic (exact) mass is 1880 g/mol. The summed E-state index contributed by atoms with van der Waals surface area (Å²) in [6.07, 6.45) is 36.4. The van der Waals surface area contributed by atoms with Crippen LogP contribution in [0.2, 0.25) is 0 Å². The molecule has 0 atom stereocenters. The summed E-state index contributed by atoms with van der Waals surface area (Å²) < 4.78 is 106. The molecule has 4 saturated carbocycles. The van der Waals surface area contributed by atoms with E-state index in [0.717, 1.165) is 169 Å². The van der Waals surface area contributed by atoms with Gasteiger partial charge in [-0.3, -0.25) is 4.57 Å². The summed E-state index contributed by atoms with van der Waals surface area (Å²) in [6, 6.07) is 24.9. The van der Waals surface area contributed by atoms with Gasteiger partial charge in [0.25, 0.3) is 0 Å². The van der Waals surface area contributed by atoms with Gasteiger partial charge in [0.15, 0.2) is 22.1 Å². The molecule has 4 aliphatic heterocycles. The molecule has 39 heteroatoms. The van der Waals surface area contributed by atoms with E-state index < -0.39 is 33.9 Å². The van der Waals surface area contributed by atoms with Gasteiger partial charge in [0.2, 0.25) is 16.5 Å². The standard InChI is InChI=1S/C25H34N5O3PS.C23H34N7O3P.C22H28N6O2S.C22H27N5O3S/c1-3-32-34(35,33-4-2)17-31-21-8-5-7-19(13-21)22-15-30(25-23(22)24(26)27-16-28-25)20-11-18(12-20)14-29-9-6-10-29;1-3-32-34(31,33-4-2)9-6-17-12-27-30(14-17)20-15-29(23-21(20)22(24)25-16-26-23)19-10-18(11-19)13-28-7-5-8-28;1-31(29,30)26-11-15-4-2-5-17(8-15)19-13-28(22-20(19)21(23)24-14-25-22)18-9-16(10-18)12-27-6-3-7-27;1-31(28,29)14-30-18-5-2-4-16(10-18)19-12-27(22-20(19)21(23)24-13-25-22)17-8-15(9-17)11-26-6-3-7-26/h5,7-8,13,15-16,18,20H,3-4,6,9-12,14,17H2,1-2H3,(H2,26,27,28);12,14-16,18-19H,3-11,13H2,1-2H3,(H2,24,25,26);2,4-5,8,13-14,16,18,26H,3,6-7,9-12H2,1H3,(H2,23,24,25);2,4-5,10,12-13,15,17H,3,6-9,11,14H2,1H3,(H2,23,24,25). The average Bonchev–Trinajstić information content (AvgIpc) is 1.63. The third-order valence-electron chi connectivity index (χ3n) is 26.6. The molecule has 0 bridgehead atoms. The van der Waals surface area contributed by atoms with Gasteiger partial charge in [-0.15, -0.1) is 0 Å². The van der Waals surface area contributed by atoms with E-state index in [2.05, 4.69) is 118 Å². The highest BCUT2D eigenvalue weighted by molar-refractivity contribution is 8.09. The van der Waals surface area contributed by atoms with Gasteiger partial charge in [0, 0.05) is 111 Å². The first kappa shape index (κ1) is 93.4. The lowest BCUT2D eigenvalue weighted by Crippen LogP contribution is -2.43. The van der Waals surface area contributed by atoms with Crippen LogP contribution in [0.4, 0.5) is 23.3 Å². The third-order valence-corrected chi connectivity index (χ3v) is 32.6. The van der Waals surface area contributed by atoms with Crippen LogP contribution in [0.15, 0.2) is 135 Å². The maximum Gasteiger partial charge on any atom is 0.330 e. The number of nitrogens with zero attached hydrogens (tertiary/aromatic N) is 18. The predicted molar refractivity (Wildman–Crippen MR) is 517 cm³/mol. The third kappa shape index (κ3) is 22.0. The van der Waals surface area contributed by atoms with Gasteiger partial charge < -0.3 is 88.4 Å². The Hall–Kier alpha value is -9.43. The Morgan fingerprint density at radius 3 is 1.19 bits per heavy atom. The van der Waals surface area contributed by atoms with Gasteiger partial charge in [-0.1, -0.05) is 42.5 Å². The predicted octanol–water partition coefficient (Wildman–Crippen LogP) is 13.8. The number of anilines is 4. The molecule has 700 valence electrons. The Bertz CT molecular complexity index is 6140. The van der Waals surface area contributed by atoms with Gasteiger partial charge in [-0.2, -0.15) is 5.10 Å². The van der Waals surface area contributed by atoms with Crippen molar-refractivity contribution < 1.29 is 49.0 Å². The zero-order valence-electron chi connectivity index (χ0n) is 75.6. The quantitative estimate of drug-likeness (QED) is 0.0228. The summed E-state index contributed by atoms with van der Waals surface area (Å²) in [5, 5.41) is 7.98. The van der Waals surface area contributed by atoms with Crippen LogP contribution in [0.3, 0.4) is 0 Å². The maximum atomic E-state index is 12.8. The van der Waals surface area contributed by atoms with Crippen LogP contribution in [-0.4, -0.2) is 240 Å². The minimum Gasteiger partial charge on any atom is -0.484 e. The van der Waals surface area contributed by atoms with Crippen molar-refractivity contribution in [2.75, 3.05) is 159 Å². The van der Waals surface area contributed by atoms with E-state index >= 15 is 0 Å². The number of rotatable bonds is 36. The minimum absolute atomic E-state index is 0.223. The summed E-state index contributed by atoms with van der Waals surface area (Å²) in [7, 11) is -9.58. The second-order valence-electron chi connectivity index (χ2n) is 36.2. The number of nitrogen functional groups attached to an aromatic ring is 4. The molecule has 12 aromatic rings. The Kier molecular flexibility index (Phi) is 29.1. The summed E-state index contributed by atoms with van der Waals surface area (Å²) in [5.74, 6) is 5.69. The first-order valence-corrected chi connectivity index (χ1v) is 54.6. The number of aromatic nitrogens is 14. The normalized spacial score (nSPS) is 21.2. The molecule has 4 aliphatic carbocycles. The van der Waals surface area contributed by atoms with Crippen molar-refractivity contribution in [1.82, 2.24) is 92.2 Å². The molecule has 0 amide bonds. The molecule has 9 N–H and O–H groups in total. The van der Waals surface area contributed by atoms with Crippen LogP contribution in [0.1, 0.15) is 140 Å². The van der Waals surface area contributed by atoms with E-state index in [0.29, 0.717) is 97.9 Å². The van der Waals surface area contributed by atoms with E-state index in [-0.39, 0.29) is 18.8 Å². The fraction of sp³-hybridized carbons (Fsp3) is 0.511. The van der Waals surface area contributed by atoms with Gasteiger partial charge >= 0.3 is 7.60 Å². The average molecular weight is 1890 g/mol. The molecule has 8 aliphatic rings. The molecule has 0 unspecified atom stereocenters. The number of hydrogen-bond donors (Lipinski definition) is 5. The lowest BCUT2D eigenvalue weighted by Gasteiger charge is -2.42. The second kappa shape index (κ2) is 40.8. The SMILES string of the molecule is CCOP(=O)(CCc1cnn(-c2cn(C3CC(CN4CCC4)C3)c3ncnc(N)c23)c1)OCC.CCOP(=S)(COc1cccc(-c2cn(C3CC(CN4CCC4)C3)c3ncnc(N)c23)c1)OCC.CS(=O)(=O)COc1cccc(-c2cn(C3CC(CN4CCC4)C3)c3ncnc(N)c23)c1.CS(=O)(=O)NCc1cccc(-c2cn(C3CC(CN4CCC4)C3)c3ncnc(N)c23)c1. The van der Waals surface area contributed by atoms with Crippen LogP contribution in [0, 0.1) is 23.7 Å². The number of sulfone groups is 1. The number of nitrogens with two attached hydrogens (primary N) is 4. The van der Waals surface area contributed by atoms with E-state index in [9.17, 15) is 21.4 Å². The topological polar surface area (TPSA) is 410 Å². The number of likely N-dealkylation sites (tertiary alicyclic amines) is 4. The molecule has 13 heterocycles. The van der Waals surface area contributed by atoms with Gasteiger partial charge in [0.1, 0.15) is 82.7 Å². The summed E-state index contributed by atoms with van der Waals surface area (Å²) in [5.41, 5.74) is 37.2. The van der Waals surface area contributed by atoms with Crippen molar-refractivity contribution in [3.63, 3.8) is 0 Å². The van der Waals surface area contributed by atoms with Crippen LogP contribution < -0.4 is 37.1 Å². The Labute approximate surface area is 770 Å². The molecular weight excluding hydrogens is 1760 g/mol. The largest absolute Gasteiger partial charge is 0.484 e. The lowest BCUT2D eigenvalue weighted by molar-refractivity contribution is 0.0921. The molecule has 20 rings (SSSR count). The number of fused-ring (bicyclic) bond motifs is 4. The van der Waals surface area contributed by atoms with Gasteiger partial charge in [-0.25, -0.2) is 66.1 Å². The molecule has 0 radical (unpaired) electrons. The second-order valence-corrected chi connectivity index (χ2v) is 45.9. The van der Waals surface area contributed by atoms with Crippen LogP contribution in [0.5, 0.6) is 11.5 Å². The number of nitrogens with one attached hydrogen (secondary N) is 1. The van der Waals surface area contributed by atoms with Crippen LogP contribution >= 0.6 is 14.1 Å². The highest BCUT2D eigenvalue weighted by Crippen LogP contribution is 2.52. The maximum absolute atomic E-state index is 12.8. The summed E-state index contributed by atoms with van der Waals surface area (Å²) in [6.45, 7) is 21.7. The van der Waals surface area contributed by atoms with Crippen molar-refractivity contribution in [1.29, 1.82) is 0 Å². The van der Waals surface area contributed by atoms with Crippen LogP contribution in [0.25, 0.3) is 83.2 Å². The van der Waals surface area contributed by atoms with Gasteiger partial charge in [-0.05, 0) is 257 Å². The zero-order chi connectivity index (χ0) is 91.3. The smallest absolute Gasteiger partial charge is 0.330 e. The van der Waals surface area contributed by atoms with Gasteiger partial charge in [0.05, 0.1) is 72.3 Å². The highest BCUT2D eigenvalue weighted by Gasteiger charge is 2.40. The van der Waals surface area contributed by atoms with E-state index in [4.69, 9.17) is 62.3 Å². The Morgan fingerprint density at radius 2 is 0.817 bits per heavy atom. The first-order chi connectivity index (χ1) is 63.2. The lowest BCUT2D eigenvalue weighted by atomic mass is 9.79. The van der Waals surface area contributed by atoms with Crippen molar-refractivity contribution in [2.45, 2.75) is 142 Å². The van der Waals surface area contributed by atoms with E-state index in [1.54, 1.807) is 18.6 Å². The molecule has 8 fully saturated rings. The van der Waals surface area contributed by atoms with Crippen LogP contribution in [-0.2, 0) is 67.3 Å². The molecular formula is C92H123N23O11P2S3. The summed E-state index contributed by atoms with van der Waals surface area (Å²) in [4.78, 5) is 45.4. The van der Waals surface area contributed by atoms with Crippen molar-refractivity contribution in [3.8, 4) is 50.6 Å². The molecule has 4 saturated heterocycles. The fourth-order valence-electron chi connectivity index (χ4n) is 19.2. The van der Waals surface area contributed by atoms with Crippen molar-refractivity contribution >= 4 is 113 Å². The zero-order valence-corrected chi connectivity index (χ0v) is 79.9. The number of hydrogen-bond acceptors (Lipinski definition) is 29.